The normalized spacial score (nSPS) is 13.2. The van der Waals surface area contributed by atoms with Crippen molar-refractivity contribution in [1.82, 2.24) is 35.7 Å². The lowest BCUT2D eigenvalue weighted by Crippen LogP contribution is -2.24. The average Bonchev–Trinajstić information content (AvgIpc) is 3.27. The first kappa shape index (κ1) is 20.3. The zero-order valence-electron chi connectivity index (χ0n) is 14.8. The van der Waals surface area contributed by atoms with Gasteiger partial charge >= 0.3 is 0 Å². The highest BCUT2D eigenvalue weighted by Gasteiger charge is 2.23. The predicted molar refractivity (Wildman–Crippen MR) is 100 cm³/mol. The van der Waals surface area contributed by atoms with Gasteiger partial charge in [0.15, 0.2) is 11.9 Å². The Morgan fingerprint density at radius 3 is 2.65 bits per heavy atom. The summed E-state index contributed by atoms with van der Waals surface area (Å²) in [5, 5.41) is 20.6. The van der Waals surface area contributed by atoms with Crippen molar-refractivity contribution >= 4 is 24.0 Å². The number of likely N-dealkylation sites (N-methyl/N-ethyl adjacent to an activating group) is 1. The van der Waals surface area contributed by atoms with E-state index in [0.29, 0.717) is 35.4 Å². The minimum absolute atomic E-state index is 0. The monoisotopic (exact) mass is 397 g/mol. The molecule has 3 aromatic rings. The standard InChI is InChI=1S/C16H20ClN7O.ClH/c1-4-13(16-19-14(22-25-16)9-10(2)18-3)24-21-15(20-23-24)11-5-7-12(17)8-6-11;/h5-8,10,13,18H,4,9H2,1-3H3;1H. The Balaban J connectivity index is 0.00000243. The molecule has 2 heterocycles. The number of nitrogens with zero attached hydrogens (tertiary/aromatic N) is 6. The van der Waals surface area contributed by atoms with Gasteiger partial charge in [-0.15, -0.1) is 22.6 Å². The lowest BCUT2D eigenvalue weighted by atomic mass is 10.2. The van der Waals surface area contributed by atoms with Crippen molar-refractivity contribution in [1.29, 1.82) is 0 Å². The van der Waals surface area contributed by atoms with Crippen molar-refractivity contribution in [3.05, 3.63) is 41.0 Å². The van der Waals surface area contributed by atoms with Gasteiger partial charge in [0, 0.05) is 23.0 Å². The third kappa shape index (κ3) is 4.57. The van der Waals surface area contributed by atoms with Crippen LogP contribution in [0.5, 0.6) is 0 Å². The number of benzene rings is 1. The van der Waals surface area contributed by atoms with Crippen molar-refractivity contribution in [2.24, 2.45) is 0 Å². The highest BCUT2D eigenvalue weighted by atomic mass is 35.5. The molecule has 8 nitrogen and oxygen atoms in total. The summed E-state index contributed by atoms with van der Waals surface area (Å²) in [6.45, 7) is 4.07. The lowest BCUT2D eigenvalue weighted by Gasteiger charge is -2.07. The molecule has 0 spiro atoms. The van der Waals surface area contributed by atoms with Gasteiger partial charge in [0.25, 0.3) is 5.89 Å². The fraction of sp³-hybridized carbons (Fsp3) is 0.438. The molecule has 0 aliphatic rings. The number of tetrazole rings is 1. The van der Waals surface area contributed by atoms with Crippen molar-refractivity contribution in [3.8, 4) is 11.4 Å². The molecule has 0 saturated heterocycles. The van der Waals surface area contributed by atoms with E-state index in [9.17, 15) is 0 Å². The number of halogens is 2. The van der Waals surface area contributed by atoms with Gasteiger partial charge in [-0.2, -0.15) is 9.78 Å². The summed E-state index contributed by atoms with van der Waals surface area (Å²) in [5.74, 6) is 1.67. The molecule has 2 aromatic heterocycles. The van der Waals surface area contributed by atoms with Gasteiger partial charge in [-0.3, -0.25) is 0 Å². The largest absolute Gasteiger partial charge is 0.337 e. The SMILES string of the molecule is CCC(c1nc(CC(C)NC)no1)n1nnc(-c2ccc(Cl)cc2)n1.Cl. The van der Waals surface area contributed by atoms with Crippen LogP contribution in [-0.4, -0.2) is 43.4 Å². The van der Waals surface area contributed by atoms with Gasteiger partial charge in [0.1, 0.15) is 0 Å². The van der Waals surface area contributed by atoms with Gasteiger partial charge in [-0.05, 0) is 49.9 Å². The Labute approximate surface area is 162 Å². The molecular formula is C16H21Cl2N7O. The van der Waals surface area contributed by atoms with Crippen LogP contribution in [0.4, 0.5) is 0 Å². The van der Waals surface area contributed by atoms with E-state index in [1.54, 1.807) is 12.1 Å². The van der Waals surface area contributed by atoms with E-state index in [-0.39, 0.29) is 24.5 Å². The summed E-state index contributed by atoms with van der Waals surface area (Å²) in [7, 11) is 1.90. The highest BCUT2D eigenvalue weighted by Crippen LogP contribution is 2.21. The summed E-state index contributed by atoms with van der Waals surface area (Å²) in [4.78, 5) is 5.99. The summed E-state index contributed by atoms with van der Waals surface area (Å²) >= 11 is 5.91. The third-order valence-corrected chi connectivity index (χ3v) is 4.20. The Morgan fingerprint density at radius 2 is 2.00 bits per heavy atom. The molecule has 140 valence electrons. The molecule has 0 aliphatic heterocycles. The first-order valence-corrected chi connectivity index (χ1v) is 8.53. The van der Waals surface area contributed by atoms with Crippen molar-refractivity contribution in [2.75, 3.05) is 7.05 Å². The molecule has 26 heavy (non-hydrogen) atoms. The fourth-order valence-corrected chi connectivity index (χ4v) is 2.50. The number of hydrogen-bond donors (Lipinski definition) is 1. The van der Waals surface area contributed by atoms with Gasteiger partial charge in [0.2, 0.25) is 5.82 Å². The van der Waals surface area contributed by atoms with Crippen LogP contribution in [0.3, 0.4) is 0 Å². The maximum Gasteiger partial charge on any atom is 0.253 e. The quantitative estimate of drug-likeness (QED) is 0.654. The molecule has 3 rings (SSSR count). The molecule has 0 aliphatic carbocycles. The summed E-state index contributed by atoms with van der Waals surface area (Å²) in [6.07, 6.45) is 1.40. The average molecular weight is 398 g/mol. The van der Waals surface area contributed by atoms with Crippen LogP contribution >= 0.6 is 24.0 Å². The fourth-order valence-electron chi connectivity index (χ4n) is 2.37. The summed E-state index contributed by atoms with van der Waals surface area (Å²) in [6, 6.07) is 7.32. The van der Waals surface area contributed by atoms with Crippen LogP contribution in [0, 0.1) is 0 Å². The molecule has 10 heteroatoms. The van der Waals surface area contributed by atoms with Crippen molar-refractivity contribution < 1.29 is 4.52 Å². The molecule has 1 N–H and O–H groups in total. The molecule has 0 amide bonds. The predicted octanol–water partition coefficient (Wildman–Crippen LogP) is 2.95. The molecule has 0 fully saturated rings. The number of aromatic nitrogens is 6. The topological polar surface area (TPSA) is 94.6 Å². The van der Waals surface area contributed by atoms with E-state index < -0.39 is 0 Å². The maximum absolute atomic E-state index is 5.91. The highest BCUT2D eigenvalue weighted by molar-refractivity contribution is 6.30. The van der Waals surface area contributed by atoms with E-state index in [1.807, 2.05) is 26.1 Å². The first-order valence-electron chi connectivity index (χ1n) is 8.16. The van der Waals surface area contributed by atoms with Crippen LogP contribution in [0.15, 0.2) is 28.8 Å². The van der Waals surface area contributed by atoms with E-state index in [4.69, 9.17) is 16.1 Å². The molecule has 2 unspecified atom stereocenters. The molecule has 1 aromatic carbocycles. The number of hydrogen-bond acceptors (Lipinski definition) is 7. The second-order valence-electron chi connectivity index (χ2n) is 5.81. The van der Waals surface area contributed by atoms with Gasteiger partial charge in [-0.1, -0.05) is 23.7 Å². The van der Waals surface area contributed by atoms with E-state index >= 15 is 0 Å². The minimum Gasteiger partial charge on any atom is -0.337 e. The zero-order chi connectivity index (χ0) is 17.8. The van der Waals surface area contributed by atoms with Gasteiger partial charge in [0.05, 0.1) is 0 Å². The molecule has 0 bridgehead atoms. The van der Waals surface area contributed by atoms with Crippen molar-refractivity contribution in [2.45, 2.75) is 38.8 Å². The second kappa shape index (κ2) is 9.07. The Hall–Kier alpha value is -2.03. The molecule has 0 saturated carbocycles. The van der Waals surface area contributed by atoms with Crippen molar-refractivity contribution in [3.63, 3.8) is 0 Å². The van der Waals surface area contributed by atoms with Crippen LogP contribution in [0.25, 0.3) is 11.4 Å². The van der Waals surface area contributed by atoms with Gasteiger partial charge in [-0.25, -0.2) is 0 Å². The maximum atomic E-state index is 5.91. The Morgan fingerprint density at radius 1 is 1.27 bits per heavy atom. The summed E-state index contributed by atoms with van der Waals surface area (Å²) < 4.78 is 5.41. The van der Waals surface area contributed by atoms with Crippen LogP contribution in [-0.2, 0) is 6.42 Å². The Bertz CT molecular complexity index is 818. The molecular weight excluding hydrogens is 377 g/mol. The minimum atomic E-state index is -0.250. The second-order valence-corrected chi connectivity index (χ2v) is 6.24. The number of rotatable bonds is 7. The third-order valence-electron chi connectivity index (χ3n) is 3.95. The zero-order valence-corrected chi connectivity index (χ0v) is 16.3. The Kier molecular flexibility index (Phi) is 7.07. The van der Waals surface area contributed by atoms with Gasteiger partial charge < -0.3 is 9.84 Å². The van der Waals surface area contributed by atoms with Crippen LogP contribution < -0.4 is 5.32 Å². The van der Waals surface area contributed by atoms with E-state index in [1.165, 1.54) is 4.80 Å². The van der Waals surface area contributed by atoms with E-state index in [2.05, 4.69) is 37.8 Å². The molecule has 0 radical (unpaired) electrons. The first-order chi connectivity index (χ1) is 12.1. The smallest absolute Gasteiger partial charge is 0.253 e. The number of nitrogens with one attached hydrogen (secondary N) is 1. The van der Waals surface area contributed by atoms with Crippen LogP contribution in [0.1, 0.15) is 38.0 Å². The lowest BCUT2D eigenvalue weighted by molar-refractivity contribution is 0.302. The molecule has 2 atom stereocenters. The van der Waals surface area contributed by atoms with Crippen LogP contribution in [0.2, 0.25) is 5.02 Å². The van der Waals surface area contributed by atoms with E-state index in [0.717, 1.165) is 5.56 Å². The summed E-state index contributed by atoms with van der Waals surface area (Å²) in [5.41, 5.74) is 0.847.